The predicted octanol–water partition coefficient (Wildman–Crippen LogP) is 4.17. The molecular weight excluding hydrogens is 350 g/mol. The quantitative estimate of drug-likeness (QED) is 0.726. The highest BCUT2D eigenvalue weighted by molar-refractivity contribution is 5.88. The van der Waals surface area contributed by atoms with E-state index in [0.29, 0.717) is 6.54 Å². The van der Waals surface area contributed by atoms with E-state index in [1.54, 1.807) is 7.11 Å². The Bertz CT molecular complexity index is 969. The number of imidazole rings is 1. The van der Waals surface area contributed by atoms with Crippen LogP contribution in [-0.2, 0) is 16.8 Å². The molecule has 2 aromatic heterocycles. The zero-order valence-corrected chi connectivity index (χ0v) is 16.6. The van der Waals surface area contributed by atoms with Crippen LogP contribution in [0.4, 0.5) is 0 Å². The first-order chi connectivity index (χ1) is 13.6. The molecule has 1 amide bonds. The number of hydrogen-bond donors (Lipinski definition) is 1. The van der Waals surface area contributed by atoms with Gasteiger partial charge in [-0.1, -0.05) is 37.5 Å². The zero-order chi connectivity index (χ0) is 19.6. The maximum Gasteiger partial charge on any atom is 0.230 e. The van der Waals surface area contributed by atoms with Crippen LogP contribution in [0.25, 0.3) is 5.65 Å². The summed E-state index contributed by atoms with van der Waals surface area (Å²) in [4.78, 5) is 18.0. The molecule has 3 aromatic rings. The van der Waals surface area contributed by atoms with Gasteiger partial charge in [0.15, 0.2) is 0 Å². The van der Waals surface area contributed by atoms with Gasteiger partial charge in [-0.3, -0.25) is 4.79 Å². The van der Waals surface area contributed by atoms with Crippen molar-refractivity contribution >= 4 is 11.6 Å². The van der Waals surface area contributed by atoms with Gasteiger partial charge in [0.1, 0.15) is 11.4 Å². The summed E-state index contributed by atoms with van der Waals surface area (Å²) >= 11 is 0. The van der Waals surface area contributed by atoms with Gasteiger partial charge in [0.05, 0.1) is 24.8 Å². The maximum atomic E-state index is 13.4. The Kier molecular flexibility index (Phi) is 5.07. The molecule has 0 atom stereocenters. The number of pyridine rings is 1. The van der Waals surface area contributed by atoms with Gasteiger partial charge in [0.25, 0.3) is 0 Å². The van der Waals surface area contributed by atoms with Crippen LogP contribution in [0.3, 0.4) is 0 Å². The Morgan fingerprint density at radius 1 is 1.18 bits per heavy atom. The van der Waals surface area contributed by atoms with Gasteiger partial charge in [-0.05, 0) is 49.1 Å². The molecule has 0 spiro atoms. The molecule has 0 aliphatic heterocycles. The number of nitrogens with zero attached hydrogens (tertiary/aromatic N) is 2. The molecule has 5 heteroatoms. The molecule has 28 heavy (non-hydrogen) atoms. The minimum Gasteiger partial charge on any atom is -0.497 e. The predicted molar refractivity (Wildman–Crippen MR) is 110 cm³/mol. The van der Waals surface area contributed by atoms with Crippen molar-refractivity contribution in [2.45, 2.75) is 51.0 Å². The van der Waals surface area contributed by atoms with Crippen LogP contribution in [0.5, 0.6) is 5.75 Å². The molecule has 5 nitrogen and oxygen atoms in total. The van der Waals surface area contributed by atoms with Gasteiger partial charge in [-0.2, -0.15) is 0 Å². The van der Waals surface area contributed by atoms with Crippen LogP contribution in [0.2, 0.25) is 0 Å². The van der Waals surface area contributed by atoms with E-state index in [2.05, 4.69) is 10.3 Å². The standard InChI is InChI=1S/C23H27N3O2/c1-17-7-6-14-26-16-19(25-21(17)26)15-24-22(27)23(12-4-3-5-13-23)18-8-10-20(28-2)11-9-18/h6-11,14,16H,3-5,12-13,15H2,1-2H3,(H,24,27). The third-order valence-electron chi connectivity index (χ3n) is 5.94. The lowest BCUT2D eigenvalue weighted by atomic mass is 9.68. The molecule has 1 N–H and O–H groups in total. The normalized spacial score (nSPS) is 16.1. The number of fused-ring (bicyclic) bond motifs is 1. The maximum absolute atomic E-state index is 13.4. The summed E-state index contributed by atoms with van der Waals surface area (Å²) in [5.74, 6) is 0.918. The van der Waals surface area contributed by atoms with Crippen molar-refractivity contribution < 1.29 is 9.53 Å². The molecule has 0 bridgehead atoms. The number of rotatable bonds is 5. The fourth-order valence-corrected chi connectivity index (χ4v) is 4.34. The zero-order valence-electron chi connectivity index (χ0n) is 16.6. The summed E-state index contributed by atoms with van der Waals surface area (Å²) in [6.07, 6.45) is 9.09. The van der Waals surface area contributed by atoms with E-state index in [-0.39, 0.29) is 5.91 Å². The molecule has 1 aromatic carbocycles. The molecule has 4 rings (SSSR count). The topological polar surface area (TPSA) is 55.6 Å². The second-order valence-corrected chi connectivity index (χ2v) is 7.71. The number of ether oxygens (including phenoxy) is 1. The second-order valence-electron chi connectivity index (χ2n) is 7.71. The molecule has 0 saturated heterocycles. The number of amides is 1. The first-order valence-electron chi connectivity index (χ1n) is 9.98. The molecule has 1 aliphatic carbocycles. The monoisotopic (exact) mass is 377 g/mol. The summed E-state index contributed by atoms with van der Waals surface area (Å²) < 4.78 is 7.29. The summed E-state index contributed by atoms with van der Waals surface area (Å²) in [7, 11) is 1.66. The summed E-state index contributed by atoms with van der Waals surface area (Å²) in [5.41, 5.74) is 3.57. The average molecular weight is 377 g/mol. The molecule has 0 unspecified atom stereocenters. The Morgan fingerprint density at radius 2 is 1.93 bits per heavy atom. The fourth-order valence-electron chi connectivity index (χ4n) is 4.34. The summed E-state index contributed by atoms with van der Waals surface area (Å²) in [6, 6.07) is 12.0. The lowest BCUT2D eigenvalue weighted by molar-refractivity contribution is -0.128. The van der Waals surface area contributed by atoms with Crippen molar-refractivity contribution in [2.24, 2.45) is 0 Å². The highest BCUT2D eigenvalue weighted by atomic mass is 16.5. The van der Waals surface area contributed by atoms with Crippen LogP contribution >= 0.6 is 0 Å². The van der Waals surface area contributed by atoms with Crippen molar-refractivity contribution in [1.82, 2.24) is 14.7 Å². The fraction of sp³-hybridized carbons (Fsp3) is 0.391. The Balaban J connectivity index is 1.55. The third kappa shape index (κ3) is 3.37. The van der Waals surface area contributed by atoms with Crippen molar-refractivity contribution in [1.29, 1.82) is 0 Å². The number of carbonyl (C=O) groups excluding carboxylic acids is 1. The number of methoxy groups -OCH3 is 1. The van der Waals surface area contributed by atoms with E-state index >= 15 is 0 Å². The van der Waals surface area contributed by atoms with Crippen LogP contribution in [0.15, 0.2) is 48.8 Å². The van der Waals surface area contributed by atoms with E-state index in [0.717, 1.165) is 53.9 Å². The van der Waals surface area contributed by atoms with E-state index in [4.69, 9.17) is 4.74 Å². The molecule has 1 aliphatic rings. The molecule has 2 heterocycles. The first-order valence-corrected chi connectivity index (χ1v) is 9.98. The van der Waals surface area contributed by atoms with Crippen molar-refractivity contribution in [2.75, 3.05) is 7.11 Å². The van der Waals surface area contributed by atoms with E-state index in [9.17, 15) is 4.79 Å². The lowest BCUT2D eigenvalue weighted by Gasteiger charge is -2.36. The van der Waals surface area contributed by atoms with Gasteiger partial charge in [0.2, 0.25) is 5.91 Å². The minimum atomic E-state index is -0.459. The van der Waals surface area contributed by atoms with E-state index < -0.39 is 5.41 Å². The van der Waals surface area contributed by atoms with E-state index in [1.165, 1.54) is 6.42 Å². The number of nitrogens with one attached hydrogen (secondary N) is 1. The summed E-state index contributed by atoms with van der Waals surface area (Å²) in [5, 5.41) is 3.17. The van der Waals surface area contributed by atoms with Gasteiger partial charge in [0, 0.05) is 12.4 Å². The molecule has 146 valence electrons. The number of aryl methyl sites for hydroxylation is 1. The van der Waals surface area contributed by atoms with Gasteiger partial charge < -0.3 is 14.5 Å². The second kappa shape index (κ2) is 7.66. The molecule has 1 fully saturated rings. The van der Waals surface area contributed by atoms with Gasteiger partial charge in [-0.15, -0.1) is 0 Å². The van der Waals surface area contributed by atoms with Crippen LogP contribution < -0.4 is 10.1 Å². The van der Waals surface area contributed by atoms with Crippen molar-refractivity contribution in [3.05, 3.63) is 65.6 Å². The average Bonchev–Trinajstić information content (AvgIpc) is 3.17. The molecule has 1 saturated carbocycles. The Hall–Kier alpha value is -2.82. The third-order valence-corrected chi connectivity index (χ3v) is 5.94. The van der Waals surface area contributed by atoms with E-state index in [1.807, 2.05) is 60.1 Å². The number of hydrogen-bond acceptors (Lipinski definition) is 3. The van der Waals surface area contributed by atoms with Gasteiger partial charge in [-0.25, -0.2) is 4.98 Å². The van der Waals surface area contributed by atoms with Gasteiger partial charge >= 0.3 is 0 Å². The van der Waals surface area contributed by atoms with Crippen molar-refractivity contribution in [3.8, 4) is 5.75 Å². The minimum absolute atomic E-state index is 0.103. The number of aromatic nitrogens is 2. The van der Waals surface area contributed by atoms with Crippen LogP contribution in [0, 0.1) is 6.92 Å². The molecule has 0 radical (unpaired) electrons. The summed E-state index contributed by atoms with van der Waals surface area (Å²) in [6.45, 7) is 2.49. The highest BCUT2D eigenvalue weighted by Crippen LogP contribution is 2.40. The highest BCUT2D eigenvalue weighted by Gasteiger charge is 2.41. The Morgan fingerprint density at radius 3 is 2.61 bits per heavy atom. The Labute approximate surface area is 165 Å². The SMILES string of the molecule is COc1ccc(C2(C(=O)NCc3cn4cccc(C)c4n3)CCCCC2)cc1. The van der Waals surface area contributed by atoms with Crippen LogP contribution in [0.1, 0.15) is 48.9 Å². The first kappa shape index (κ1) is 18.5. The number of benzene rings is 1. The lowest BCUT2D eigenvalue weighted by Crippen LogP contribution is -2.45. The molecular formula is C23H27N3O2. The number of carbonyl (C=O) groups is 1. The van der Waals surface area contributed by atoms with Crippen LogP contribution in [-0.4, -0.2) is 22.4 Å². The van der Waals surface area contributed by atoms with Crippen molar-refractivity contribution in [3.63, 3.8) is 0 Å². The smallest absolute Gasteiger partial charge is 0.230 e. The largest absolute Gasteiger partial charge is 0.497 e.